The largest absolute Gasteiger partial charge is 0.497 e. The molecule has 0 unspecified atom stereocenters. The average molecular weight is 358 g/mol. The van der Waals surface area contributed by atoms with Crippen LogP contribution in [0.2, 0.25) is 0 Å². The van der Waals surface area contributed by atoms with Gasteiger partial charge in [0.2, 0.25) is 0 Å². The molecule has 2 aromatic rings. The molecule has 7 heteroatoms. The molecule has 0 spiro atoms. The summed E-state index contributed by atoms with van der Waals surface area (Å²) in [5.74, 6) is 0.451. The van der Waals surface area contributed by atoms with E-state index in [0.717, 1.165) is 35.1 Å². The highest BCUT2D eigenvalue weighted by Gasteiger charge is 2.02. The number of nitrogens with two attached hydrogens (primary N) is 1. The van der Waals surface area contributed by atoms with Crippen molar-refractivity contribution < 1.29 is 14.6 Å². The van der Waals surface area contributed by atoms with Crippen molar-refractivity contribution >= 4 is 28.9 Å². The number of rotatable bonds is 10. The minimum atomic E-state index is -0.777. The van der Waals surface area contributed by atoms with Gasteiger partial charge in [-0.15, -0.1) is 0 Å². The number of aromatic nitrogens is 1. The van der Waals surface area contributed by atoms with Crippen LogP contribution in [0.4, 0.5) is 0 Å². The fraction of sp³-hybridized carbons (Fsp3) is 0.368. The number of nitrogens with zero attached hydrogens (tertiary/aromatic N) is 1. The molecule has 5 N–H and O–H groups in total. The van der Waals surface area contributed by atoms with Crippen LogP contribution in [0.15, 0.2) is 35.5 Å². The second kappa shape index (κ2) is 10.1. The first-order valence-corrected chi connectivity index (χ1v) is 8.67. The first kappa shape index (κ1) is 19.4. The zero-order valence-corrected chi connectivity index (χ0v) is 15.0. The quantitative estimate of drug-likeness (QED) is 0.296. The highest BCUT2D eigenvalue weighted by atomic mass is 16.5. The maximum Gasteiger partial charge on any atom is 0.303 e. The van der Waals surface area contributed by atoms with Crippen molar-refractivity contribution in [1.29, 1.82) is 0 Å². The van der Waals surface area contributed by atoms with Crippen LogP contribution in [0.5, 0.6) is 5.75 Å². The molecular weight excluding hydrogens is 332 g/mol. The average Bonchev–Trinajstić information content (AvgIpc) is 3.03. The first-order chi connectivity index (χ1) is 12.6. The molecule has 0 aliphatic rings. The van der Waals surface area contributed by atoms with Crippen LogP contribution in [-0.2, 0) is 4.79 Å². The zero-order valence-electron chi connectivity index (χ0n) is 15.0. The summed E-state index contributed by atoms with van der Waals surface area (Å²) < 4.78 is 5.27. The van der Waals surface area contributed by atoms with Crippen molar-refractivity contribution in [2.45, 2.75) is 25.7 Å². The number of carboxylic acids is 1. The van der Waals surface area contributed by atoms with Crippen LogP contribution in [0.1, 0.15) is 31.2 Å². The predicted molar refractivity (Wildman–Crippen MR) is 104 cm³/mol. The molecule has 2 rings (SSSR count). The van der Waals surface area contributed by atoms with Crippen molar-refractivity contribution in [2.24, 2.45) is 10.7 Å². The highest BCUT2D eigenvalue weighted by Crippen LogP contribution is 2.24. The summed E-state index contributed by atoms with van der Waals surface area (Å²) in [7, 11) is 1.66. The van der Waals surface area contributed by atoms with Gasteiger partial charge in [-0.2, -0.15) is 0 Å². The van der Waals surface area contributed by atoms with E-state index in [1.165, 1.54) is 0 Å². The number of methoxy groups -OCH3 is 1. The topological polar surface area (TPSA) is 113 Å². The van der Waals surface area contributed by atoms with Gasteiger partial charge < -0.3 is 25.9 Å². The Balaban J connectivity index is 1.73. The molecule has 0 saturated heterocycles. The Morgan fingerprint density at radius 3 is 3.04 bits per heavy atom. The molecule has 1 aromatic carbocycles. The number of aliphatic imine (C=N–C) groups is 1. The van der Waals surface area contributed by atoms with Gasteiger partial charge >= 0.3 is 5.97 Å². The molecule has 0 aliphatic carbocycles. The summed E-state index contributed by atoms with van der Waals surface area (Å²) in [6.07, 6.45) is 8.44. The fourth-order valence-electron chi connectivity index (χ4n) is 2.52. The minimum Gasteiger partial charge on any atom is -0.497 e. The van der Waals surface area contributed by atoms with E-state index in [1.807, 2.05) is 24.4 Å². The number of unbranched alkanes of at least 4 members (excludes halogenated alkanes) is 1. The number of carbonyl (C=O) groups is 1. The van der Waals surface area contributed by atoms with Crippen LogP contribution in [0.25, 0.3) is 17.0 Å². The molecule has 0 saturated carbocycles. The third-order valence-electron chi connectivity index (χ3n) is 3.92. The van der Waals surface area contributed by atoms with E-state index in [4.69, 9.17) is 15.6 Å². The van der Waals surface area contributed by atoms with Gasteiger partial charge in [-0.05, 0) is 43.0 Å². The van der Waals surface area contributed by atoms with E-state index in [1.54, 1.807) is 7.11 Å². The standard InChI is InChI=1S/C19H26N4O3/c1-26-15-8-9-17-16(12-15)14(13-23-17)6-2-4-10-21-19(20)22-11-5-3-7-18(24)25/h2,6,8-9,12-13,23H,3-5,7,10-11H2,1H3,(H,24,25)(H3,20,21,22)/b6-2+. The summed E-state index contributed by atoms with van der Waals surface area (Å²) in [4.78, 5) is 17.8. The molecule has 0 aliphatic heterocycles. The summed E-state index contributed by atoms with van der Waals surface area (Å²) in [6.45, 7) is 1.23. The number of carboxylic acid groups (broad SMARTS) is 1. The van der Waals surface area contributed by atoms with Crippen LogP contribution >= 0.6 is 0 Å². The number of aliphatic carboxylic acids is 1. The number of benzene rings is 1. The van der Waals surface area contributed by atoms with E-state index in [9.17, 15) is 4.79 Å². The molecule has 7 nitrogen and oxygen atoms in total. The summed E-state index contributed by atoms with van der Waals surface area (Å²) in [5, 5.41) is 12.7. The number of hydrogen-bond donors (Lipinski definition) is 4. The third kappa shape index (κ3) is 6.16. The van der Waals surface area contributed by atoms with E-state index in [2.05, 4.69) is 27.4 Å². The van der Waals surface area contributed by atoms with Crippen molar-refractivity contribution in [2.75, 3.05) is 20.2 Å². The van der Waals surface area contributed by atoms with Crippen LogP contribution < -0.4 is 15.8 Å². The molecule has 0 radical (unpaired) electrons. The van der Waals surface area contributed by atoms with E-state index < -0.39 is 5.97 Å². The van der Waals surface area contributed by atoms with Crippen molar-refractivity contribution in [3.8, 4) is 5.75 Å². The van der Waals surface area contributed by atoms with E-state index in [-0.39, 0.29) is 6.42 Å². The third-order valence-corrected chi connectivity index (χ3v) is 3.92. The van der Waals surface area contributed by atoms with Crippen molar-refractivity contribution in [3.05, 3.63) is 36.0 Å². The SMILES string of the molecule is COc1ccc2[nH]cc(/C=C/CCNC(N)=NCCCCC(=O)O)c2c1. The lowest BCUT2D eigenvalue weighted by Gasteiger charge is -2.03. The monoisotopic (exact) mass is 358 g/mol. The molecule has 0 amide bonds. The van der Waals surface area contributed by atoms with Gasteiger partial charge in [0, 0.05) is 36.6 Å². The van der Waals surface area contributed by atoms with Crippen LogP contribution in [-0.4, -0.2) is 42.2 Å². The Morgan fingerprint density at radius 1 is 1.42 bits per heavy atom. The molecule has 0 atom stereocenters. The van der Waals surface area contributed by atoms with Gasteiger partial charge in [-0.25, -0.2) is 0 Å². The van der Waals surface area contributed by atoms with E-state index >= 15 is 0 Å². The van der Waals surface area contributed by atoms with E-state index in [0.29, 0.717) is 25.5 Å². The number of H-pyrrole nitrogens is 1. The first-order valence-electron chi connectivity index (χ1n) is 8.67. The van der Waals surface area contributed by atoms with Gasteiger partial charge in [-0.3, -0.25) is 9.79 Å². The Kier molecular flexibility index (Phi) is 7.54. The smallest absolute Gasteiger partial charge is 0.303 e. The van der Waals surface area contributed by atoms with Gasteiger partial charge in [0.05, 0.1) is 7.11 Å². The molecule has 1 heterocycles. The fourth-order valence-corrected chi connectivity index (χ4v) is 2.52. The van der Waals surface area contributed by atoms with Gasteiger partial charge in [0.15, 0.2) is 5.96 Å². The number of guanidine groups is 1. The summed E-state index contributed by atoms with van der Waals surface area (Å²) in [6, 6.07) is 5.94. The second-order valence-corrected chi connectivity index (χ2v) is 5.89. The summed E-state index contributed by atoms with van der Waals surface area (Å²) in [5.41, 5.74) is 7.96. The molecule has 0 fully saturated rings. The lowest BCUT2D eigenvalue weighted by atomic mass is 10.1. The Morgan fingerprint density at radius 2 is 2.27 bits per heavy atom. The Hall–Kier alpha value is -2.96. The molecular formula is C19H26N4O3. The lowest BCUT2D eigenvalue weighted by molar-refractivity contribution is -0.137. The van der Waals surface area contributed by atoms with Crippen molar-refractivity contribution in [1.82, 2.24) is 10.3 Å². The summed E-state index contributed by atoms with van der Waals surface area (Å²) >= 11 is 0. The zero-order chi connectivity index (χ0) is 18.8. The lowest BCUT2D eigenvalue weighted by Crippen LogP contribution is -2.32. The molecule has 0 bridgehead atoms. The minimum absolute atomic E-state index is 0.174. The normalized spacial score (nSPS) is 12.0. The maximum atomic E-state index is 10.4. The number of aromatic amines is 1. The molecule has 1 aromatic heterocycles. The number of hydrogen-bond acceptors (Lipinski definition) is 3. The van der Waals surface area contributed by atoms with Crippen LogP contribution in [0, 0.1) is 0 Å². The Bertz CT molecular complexity index is 780. The van der Waals surface area contributed by atoms with Crippen LogP contribution in [0.3, 0.4) is 0 Å². The number of nitrogens with one attached hydrogen (secondary N) is 2. The molecule has 26 heavy (non-hydrogen) atoms. The number of fused-ring (bicyclic) bond motifs is 1. The highest BCUT2D eigenvalue weighted by molar-refractivity contribution is 5.89. The predicted octanol–water partition coefficient (Wildman–Crippen LogP) is 2.74. The Labute approximate surface area is 153 Å². The molecule has 140 valence electrons. The van der Waals surface area contributed by atoms with Gasteiger partial charge in [-0.1, -0.05) is 12.2 Å². The maximum absolute atomic E-state index is 10.4. The number of ether oxygens (including phenoxy) is 1. The van der Waals surface area contributed by atoms with Crippen molar-refractivity contribution in [3.63, 3.8) is 0 Å². The van der Waals surface area contributed by atoms with Gasteiger partial charge in [0.25, 0.3) is 0 Å². The van der Waals surface area contributed by atoms with Gasteiger partial charge in [0.1, 0.15) is 5.75 Å². The second-order valence-electron chi connectivity index (χ2n) is 5.89.